The molecule has 0 amide bonds. The van der Waals surface area contributed by atoms with Crippen LogP contribution in [0, 0.1) is 11.5 Å². The number of rotatable bonds is 6. The Balaban J connectivity index is 1.49. The molecule has 0 heterocycles. The second-order valence-corrected chi connectivity index (χ2v) is 24.1. The Morgan fingerprint density at radius 2 is 0.860 bits per heavy atom. The molecule has 0 spiro atoms. The SMILES string of the molecule is C[Si](C)(C#CC1(C(=C=C2c3ccccc3-c3ccccc32)[Si](C)(C)Cc2ccccc2)c2ccccc2-c2ccccc21)Cc1ccccc1. The van der Waals surface area contributed by atoms with E-state index in [0.29, 0.717) is 0 Å². The molecule has 2 heteroatoms. The van der Waals surface area contributed by atoms with E-state index in [4.69, 9.17) is 0 Å². The van der Waals surface area contributed by atoms with E-state index in [1.165, 1.54) is 66.4 Å². The first-order chi connectivity index (χ1) is 24.3. The molecule has 0 aromatic heterocycles. The van der Waals surface area contributed by atoms with Crippen molar-refractivity contribution in [2.75, 3.05) is 0 Å². The van der Waals surface area contributed by atoms with Crippen molar-refractivity contribution in [1.82, 2.24) is 0 Å². The van der Waals surface area contributed by atoms with E-state index in [1.807, 2.05) is 0 Å². The van der Waals surface area contributed by atoms with E-state index in [2.05, 4.69) is 201 Å². The number of hydrogen-bond donors (Lipinski definition) is 0. The molecule has 0 N–H and O–H groups in total. The smallest absolute Gasteiger partial charge is 0.130 e. The van der Waals surface area contributed by atoms with Crippen LogP contribution in [0.5, 0.6) is 0 Å². The molecule has 0 bridgehead atoms. The first-order valence-corrected chi connectivity index (χ1v) is 24.2. The number of benzene rings is 6. The van der Waals surface area contributed by atoms with E-state index < -0.39 is 21.6 Å². The Bertz CT molecular complexity index is 2270. The molecule has 0 radical (unpaired) electrons. The van der Waals surface area contributed by atoms with Crippen LogP contribution in [0.1, 0.15) is 33.4 Å². The second-order valence-electron chi connectivity index (χ2n) is 15.1. The van der Waals surface area contributed by atoms with Gasteiger partial charge in [0.2, 0.25) is 0 Å². The molecule has 2 aliphatic carbocycles. The molecule has 0 saturated heterocycles. The first kappa shape index (κ1) is 32.1. The molecule has 0 unspecified atom stereocenters. The standard InChI is InChI=1S/C48H42Si2/c1-49(2,34-36-19-7-5-8-20-36)32-31-48(45-29-17-15-27-42(45)43-28-16-18-30-46(43)48)47(50(3,4)35-37-21-9-6-10-22-37)33-44-40-25-13-11-23-38(40)39-24-12-14-26-41(39)44/h5-30H,34-35H2,1-4H3. The van der Waals surface area contributed by atoms with Crippen molar-refractivity contribution in [1.29, 1.82) is 0 Å². The maximum atomic E-state index is 4.35. The highest BCUT2D eigenvalue weighted by molar-refractivity contribution is 6.85. The molecule has 6 aromatic carbocycles. The Kier molecular flexibility index (Phi) is 8.09. The van der Waals surface area contributed by atoms with Gasteiger partial charge in [0.1, 0.15) is 13.5 Å². The van der Waals surface area contributed by atoms with E-state index in [-0.39, 0.29) is 0 Å². The largest absolute Gasteiger partial charge is 0.136 e. The Labute approximate surface area is 299 Å². The molecule has 0 aliphatic heterocycles. The van der Waals surface area contributed by atoms with Gasteiger partial charge in [-0.15, -0.1) is 11.3 Å². The van der Waals surface area contributed by atoms with Gasteiger partial charge in [-0.3, -0.25) is 0 Å². The van der Waals surface area contributed by atoms with Crippen LogP contribution in [0.25, 0.3) is 27.8 Å². The zero-order chi connectivity index (χ0) is 34.3. The molecule has 8 rings (SSSR count). The summed E-state index contributed by atoms with van der Waals surface area (Å²) in [5.74, 6) is 4.22. The number of hydrogen-bond acceptors (Lipinski definition) is 0. The zero-order valence-electron chi connectivity index (χ0n) is 29.4. The summed E-state index contributed by atoms with van der Waals surface area (Å²) in [6.07, 6.45) is 0. The van der Waals surface area contributed by atoms with Crippen molar-refractivity contribution in [3.63, 3.8) is 0 Å². The van der Waals surface area contributed by atoms with Crippen molar-refractivity contribution in [3.8, 4) is 33.7 Å². The molecule has 0 saturated carbocycles. The quantitative estimate of drug-likeness (QED) is 0.0935. The minimum atomic E-state index is -2.33. The van der Waals surface area contributed by atoms with Gasteiger partial charge in [0, 0.05) is 5.57 Å². The molecule has 0 atom stereocenters. The molecule has 242 valence electrons. The van der Waals surface area contributed by atoms with Crippen LogP contribution in [0.4, 0.5) is 0 Å². The predicted octanol–water partition coefficient (Wildman–Crippen LogP) is 11.7. The van der Waals surface area contributed by atoms with Gasteiger partial charge >= 0.3 is 0 Å². The third-order valence-electron chi connectivity index (χ3n) is 10.5. The fourth-order valence-corrected chi connectivity index (χ4v) is 13.5. The van der Waals surface area contributed by atoms with Crippen LogP contribution in [-0.4, -0.2) is 16.1 Å². The van der Waals surface area contributed by atoms with E-state index in [1.54, 1.807) is 0 Å². The lowest BCUT2D eigenvalue weighted by Crippen LogP contribution is -2.44. The van der Waals surface area contributed by atoms with Crippen LogP contribution >= 0.6 is 0 Å². The molecule has 0 nitrogen and oxygen atoms in total. The third-order valence-corrected chi connectivity index (χ3v) is 15.7. The van der Waals surface area contributed by atoms with Gasteiger partial charge in [-0.2, -0.15) is 0 Å². The molecule has 0 fully saturated rings. The van der Waals surface area contributed by atoms with Crippen molar-refractivity contribution < 1.29 is 0 Å². The highest BCUT2D eigenvalue weighted by Gasteiger charge is 2.50. The Morgan fingerprint density at radius 1 is 0.460 bits per heavy atom. The normalized spacial score (nSPS) is 13.6. The molecule has 2 aliphatic rings. The maximum Gasteiger partial charge on any atom is 0.136 e. The number of fused-ring (bicyclic) bond motifs is 6. The highest BCUT2D eigenvalue weighted by atomic mass is 28.3. The van der Waals surface area contributed by atoms with Gasteiger partial charge in [-0.25, -0.2) is 0 Å². The monoisotopic (exact) mass is 674 g/mol. The summed E-state index contributed by atoms with van der Waals surface area (Å²) in [5.41, 5.74) is 22.0. The third kappa shape index (κ3) is 5.59. The molecule has 6 aromatic rings. The van der Waals surface area contributed by atoms with Crippen LogP contribution in [0.15, 0.2) is 169 Å². The van der Waals surface area contributed by atoms with Crippen molar-refractivity contribution in [3.05, 3.63) is 202 Å². The van der Waals surface area contributed by atoms with Gasteiger partial charge < -0.3 is 0 Å². The maximum absolute atomic E-state index is 4.35. The van der Waals surface area contributed by atoms with Crippen molar-refractivity contribution in [2.45, 2.75) is 43.7 Å². The summed E-state index contributed by atoms with van der Waals surface area (Å²) in [6, 6.07) is 59.9. The lowest BCUT2D eigenvalue weighted by molar-refractivity contribution is 0.847. The summed E-state index contributed by atoms with van der Waals surface area (Å²) in [6.45, 7) is 9.97. The summed E-state index contributed by atoms with van der Waals surface area (Å²) in [7, 11) is -4.36. The van der Waals surface area contributed by atoms with Gasteiger partial charge in [-0.05, 0) is 67.4 Å². The molecular formula is C48H42Si2. The number of allylic oxidation sites excluding steroid dienone is 1. The molecular weight excluding hydrogens is 633 g/mol. The second kappa shape index (κ2) is 12.6. The van der Waals surface area contributed by atoms with Gasteiger partial charge in [0.05, 0.1) is 8.07 Å². The van der Waals surface area contributed by atoms with Gasteiger partial charge in [0.15, 0.2) is 0 Å². The van der Waals surface area contributed by atoms with E-state index in [0.717, 1.165) is 12.1 Å². The fraction of sp³-hybridized carbons (Fsp3) is 0.146. The van der Waals surface area contributed by atoms with Crippen LogP contribution < -0.4 is 0 Å². The Hall–Kier alpha value is -5.17. The summed E-state index contributed by atoms with van der Waals surface area (Å²) in [5, 5.41) is 1.37. The summed E-state index contributed by atoms with van der Waals surface area (Å²) < 4.78 is 0. The van der Waals surface area contributed by atoms with Crippen molar-refractivity contribution in [2.24, 2.45) is 0 Å². The van der Waals surface area contributed by atoms with Crippen LogP contribution in [0.2, 0.25) is 26.2 Å². The van der Waals surface area contributed by atoms with E-state index >= 15 is 0 Å². The predicted molar refractivity (Wildman–Crippen MR) is 217 cm³/mol. The topological polar surface area (TPSA) is 0 Å². The highest BCUT2D eigenvalue weighted by Crippen LogP contribution is 2.55. The van der Waals surface area contributed by atoms with Crippen LogP contribution in [0.3, 0.4) is 0 Å². The average Bonchev–Trinajstić information content (AvgIpc) is 3.60. The minimum absolute atomic E-state index is 0.627. The fourth-order valence-electron chi connectivity index (χ4n) is 8.36. The first-order valence-electron chi connectivity index (χ1n) is 17.8. The average molecular weight is 675 g/mol. The van der Waals surface area contributed by atoms with Crippen molar-refractivity contribution >= 4 is 21.7 Å². The minimum Gasteiger partial charge on any atom is -0.130 e. The summed E-state index contributed by atoms with van der Waals surface area (Å²) >= 11 is 0. The van der Waals surface area contributed by atoms with Gasteiger partial charge in [-0.1, -0.05) is 195 Å². The Morgan fingerprint density at radius 3 is 1.36 bits per heavy atom. The van der Waals surface area contributed by atoms with E-state index in [9.17, 15) is 0 Å². The lowest BCUT2D eigenvalue weighted by atomic mass is 9.78. The van der Waals surface area contributed by atoms with Crippen LogP contribution in [-0.2, 0) is 17.5 Å². The van der Waals surface area contributed by atoms with Gasteiger partial charge in [0.25, 0.3) is 0 Å². The zero-order valence-corrected chi connectivity index (χ0v) is 31.4. The summed E-state index contributed by atoms with van der Waals surface area (Å²) in [4.78, 5) is 0. The molecule has 50 heavy (non-hydrogen) atoms. The lowest BCUT2D eigenvalue weighted by Gasteiger charge is -2.38.